The van der Waals surface area contributed by atoms with Gasteiger partial charge in [0.05, 0.1) is 11.8 Å². The van der Waals surface area contributed by atoms with Gasteiger partial charge in [-0.2, -0.15) is 0 Å². The fraction of sp³-hybridized carbons (Fsp3) is 0.500. The molecular formula is C6H11N3O2S. The van der Waals surface area contributed by atoms with Crippen molar-refractivity contribution in [2.75, 3.05) is 12.8 Å². The van der Waals surface area contributed by atoms with Crippen molar-refractivity contribution in [3.63, 3.8) is 0 Å². The molecule has 1 rings (SSSR count). The van der Waals surface area contributed by atoms with Crippen LogP contribution >= 0.6 is 0 Å². The van der Waals surface area contributed by atoms with Crippen LogP contribution in [0.4, 0.5) is 0 Å². The highest BCUT2D eigenvalue weighted by atomic mass is 32.2. The molecule has 0 bridgehead atoms. The predicted molar refractivity (Wildman–Crippen MR) is 47.4 cm³/mol. The van der Waals surface area contributed by atoms with Gasteiger partial charge in [0.25, 0.3) is 0 Å². The van der Waals surface area contributed by atoms with Crippen molar-refractivity contribution in [1.82, 2.24) is 5.32 Å². The Bertz CT molecular complexity index is 318. The number of hydrogen-bond donors (Lipinski definition) is 2. The Labute approximate surface area is 71.3 Å². The summed E-state index contributed by atoms with van der Waals surface area (Å²) >= 11 is 0. The molecule has 0 saturated heterocycles. The Balaban J connectivity index is 2.57. The molecular weight excluding hydrogens is 178 g/mol. The summed E-state index contributed by atoms with van der Waals surface area (Å²) in [7, 11) is -1.47. The van der Waals surface area contributed by atoms with Crippen LogP contribution in [-0.2, 0) is 9.84 Å². The summed E-state index contributed by atoms with van der Waals surface area (Å²) in [6, 6.07) is -0.237. The number of nitrogens with two attached hydrogens (primary N) is 1. The zero-order valence-electron chi connectivity index (χ0n) is 6.69. The number of nitrogens with one attached hydrogen (secondary N) is 1. The minimum absolute atomic E-state index is 0.0587. The van der Waals surface area contributed by atoms with E-state index in [4.69, 9.17) is 5.73 Å². The van der Waals surface area contributed by atoms with E-state index in [9.17, 15) is 8.42 Å². The minimum atomic E-state index is -3.00. The summed E-state index contributed by atoms with van der Waals surface area (Å²) in [5.74, 6) is 0.310. The highest BCUT2D eigenvalue weighted by molar-refractivity contribution is 7.94. The standard InChI is InChI=1S/C6H11N3O2S/c1-8-6(7)9-5-2-3-12(10,11)4-5/h2-3,5H,4H2,1H3,(H3,7,8,9). The number of rotatable bonds is 1. The molecule has 0 fully saturated rings. The van der Waals surface area contributed by atoms with E-state index in [-0.39, 0.29) is 17.8 Å². The second-order valence-corrected chi connectivity index (χ2v) is 4.45. The first-order chi connectivity index (χ1) is 5.53. The van der Waals surface area contributed by atoms with Crippen LogP contribution in [0.15, 0.2) is 16.5 Å². The molecule has 1 atom stereocenters. The van der Waals surface area contributed by atoms with Crippen molar-refractivity contribution in [2.24, 2.45) is 10.7 Å². The average molecular weight is 189 g/mol. The van der Waals surface area contributed by atoms with Crippen LogP contribution in [0.25, 0.3) is 0 Å². The zero-order chi connectivity index (χ0) is 9.19. The lowest BCUT2D eigenvalue weighted by Crippen LogP contribution is -2.40. The number of guanidine groups is 1. The van der Waals surface area contributed by atoms with Gasteiger partial charge >= 0.3 is 0 Å². The van der Waals surface area contributed by atoms with E-state index in [2.05, 4.69) is 10.3 Å². The van der Waals surface area contributed by atoms with Crippen molar-refractivity contribution in [3.8, 4) is 0 Å². The SMILES string of the molecule is CN=C(N)NC1C=CS(=O)(=O)C1. The van der Waals surface area contributed by atoms with Gasteiger partial charge < -0.3 is 11.1 Å². The average Bonchev–Trinajstić information content (AvgIpc) is 2.30. The van der Waals surface area contributed by atoms with Crippen LogP contribution in [0.1, 0.15) is 0 Å². The van der Waals surface area contributed by atoms with Crippen molar-refractivity contribution in [1.29, 1.82) is 0 Å². The van der Waals surface area contributed by atoms with Gasteiger partial charge in [-0.3, -0.25) is 4.99 Å². The van der Waals surface area contributed by atoms with Crippen molar-refractivity contribution in [2.45, 2.75) is 6.04 Å². The van der Waals surface area contributed by atoms with Crippen molar-refractivity contribution in [3.05, 3.63) is 11.5 Å². The van der Waals surface area contributed by atoms with Crippen LogP contribution in [0, 0.1) is 0 Å². The fourth-order valence-corrected chi connectivity index (χ4v) is 2.16. The van der Waals surface area contributed by atoms with E-state index in [1.54, 1.807) is 6.08 Å². The normalized spacial score (nSPS) is 27.4. The second-order valence-electron chi connectivity index (χ2n) is 2.52. The molecule has 0 aromatic carbocycles. The van der Waals surface area contributed by atoms with E-state index in [1.807, 2.05) is 0 Å². The Kier molecular flexibility index (Phi) is 2.37. The molecule has 1 aliphatic rings. The number of aliphatic imine (C=N–C) groups is 1. The smallest absolute Gasteiger partial charge is 0.188 e. The van der Waals surface area contributed by atoms with Crippen LogP contribution in [0.5, 0.6) is 0 Å². The topological polar surface area (TPSA) is 84.5 Å². The Morgan fingerprint density at radius 3 is 2.83 bits per heavy atom. The lowest BCUT2D eigenvalue weighted by atomic mass is 10.3. The van der Waals surface area contributed by atoms with Crippen LogP contribution in [-0.4, -0.2) is 33.2 Å². The third-order valence-corrected chi connectivity index (χ3v) is 2.90. The molecule has 1 aliphatic heterocycles. The molecule has 0 saturated carbocycles. The van der Waals surface area contributed by atoms with Crippen molar-refractivity contribution >= 4 is 15.8 Å². The summed E-state index contributed by atoms with van der Waals surface area (Å²) in [5.41, 5.74) is 5.35. The van der Waals surface area contributed by atoms with Gasteiger partial charge in [-0.05, 0) is 6.08 Å². The number of sulfone groups is 1. The molecule has 6 heteroatoms. The van der Waals surface area contributed by atoms with Crippen LogP contribution < -0.4 is 11.1 Å². The molecule has 0 radical (unpaired) electrons. The first-order valence-electron chi connectivity index (χ1n) is 3.43. The lowest BCUT2D eigenvalue weighted by molar-refractivity contribution is 0.602. The minimum Gasteiger partial charge on any atom is -0.370 e. The molecule has 0 aliphatic carbocycles. The molecule has 0 spiro atoms. The molecule has 68 valence electrons. The number of nitrogens with zero attached hydrogens (tertiary/aromatic N) is 1. The molecule has 1 heterocycles. The summed E-state index contributed by atoms with van der Waals surface area (Å²) in [6.07, 6.45) is 1.56. The maximum atomic E-state index is 10.9. The Morgan fingerprint density at radius 2 is 2.42 bits per heavy atom. The molecule has 0 aromatic rings. The van der Waals surface area contributed by atoms with E-state index in [0.29, 0.717) is 0 Å². The zero-order valence-corrected chi connectivity index (χ0v) is 7.50. The third-order valence-electron chi connectivity index (χ3n) is 1.50. The van der Waals surface area contributed by atoms with E-state index in [1.165, 1.54) is 12.5 Å². The Morgan fingerprint density at radius 1 is 1.75 bits per heavy atom. The fourth-order valence-electron chi connectivity index (χ4n) is 0.920. The van der Waals surface area contributed by atoms with Gasteiger partial charge in [-0.25, -0.2) is 8.42 Å². The van der Waals surface area contributed by atoms with Gasteiger partial charge in [-0.15, -0.1) is 0 Å². The van der Waals surface area contributed by atoms with E-state index < -0.39 is 9.84 Å². The predicted octanol–water partition coefficient (Wildman–Crippen LogP) is -1.17. The maximum Gasteiger partial charge on any atom is 0.188 e. The molecule has 3 N–H and O–H groups in total. The van der Waals surface area contributed by atoms with Crippen LogP contribution in [0.3, 0.4) is 0 Å². The number of hydrogen-bond acceptors (Lipinski definition) is 3. The largest absolute Gasteiger partial charge is 0.370 e. The first kappa shape index (κ1) is 9.05. The third kappa shape index (κ3) is 2.23. The molecule has 0 amide bonds. The van der Waals surface area contributed by atoms with E-state index in [0.717, 1.165) is 0 Å². The first-order valence-corrected chi connectivity index (χ1v) is 5.15. The summed E-state index contributed by atoms with van der Waals surface area (Å²) in [5, 5.41) is 3.93. The molecule has 0 aromatic heterocycles. The highest BCUT2D eigenvalue weighted by Crippen LogP contribution is 2.06. The van der Waals surface area contributed by atoms with E-state index >= 15 is 0 Å². The second kappa shape index (κ2) is 3.14. The molecule has 5 nitrogen and oxygen atoms in total. The summed E-state index contributed by atoms with van der Waals surface area (Å²) in [6.45, 7) is 0. The quantitative estimate of drug-likeness (QED) is 0.402. The van der Waals surface area contributed by atoms with Gasteiger partial charge in [0.15, 0.2) is 15.8 Å². The van der Waals surface area contributed by atoms with Gasteiger partial charge in [0.2, 0.25) is 0 Å². The maximum absolute atomic E-state index is 10.9. The van der Waals surface area contributed by atoms with Gasteiger partial charge in [0.1, 0.15) is 0 Å². The highest BCUT2D eigenvalue weighted by Gasteiger charge is 2.21. The molecule has 1 unspecified atom stereocenters. The Hall–Kier alpha value is -1.04. The lowest BCUT2D eigenvalue weighted by Gasteiger charge is -2.08. The van der Waals surface area contributed by atoms with Gasteiger partial charge in [0, 0.05) is 12.5 Å². The molecule has 12 heavy (non-hydrogen) atoms. The summed E-state index contributed by atoms with van der Waals surface area (Å²) < 4.78 is 21.8. The summed E-state index contributed by atoms with van der Waals surface area (Å²) in [4.78, 5) is 3.65. The van der Waals surface area contributed by atoms with Crippen molar-refractivity contribution < 1.29 is 8.42 Å². The monoisotopic (exact) mass is 189 g/mol. The van der Waals surface area contributed by atoms with Gasteiger partial charge in [-0.1, -0.05) is 0 Å². The van der Waals surface area contributed by atoms with Crippen LogP contribution in [0.2, 0.25) is 0 Å².